The molecule has 4 nitrogen and oxygen atoms in total. The number of hydrogen-bond acceptors (Lipinski definition) is 3. The first-order valence-corrected chi connectivity index (χ1v) is 7.87. The van der Waals surface area contributed by atoms with Crippen molar-refractivity contribution in [2.45, 2.75) is 64.1 Å². The van der Waals surface area contributed by atoms with Crippen LogP contribution in [0.2, 0.25) is 0 Å². The van der Waals surface area contributed by atoms with Crippen LogP contribution in [0.25, 0.3) is 0 Å². The van der Waals surface area contributed by atoms with Gasteiger partial charge in [0.1, 0.15) is 5.75 Å². The molecule has 1 aromatic rings. The van der Waals surface area contributed by atoms with Crippen molar-refractivity contribution in [3.8, 4) is 5.75 Å². The lowest BCUT2D eigenvalue weighted by atomic mass is 9.91. The van der Waals surface area contributed by atoms with Gasteiger partial charge in [-0.15, -0.1) is 12.4 Å². The minimum absolute atomic E-state index is 0. The normalized spacial score (nSPS) is 22.3. The van der Waals surface area contributed by atoms with Gasteiger partial charge >= 0.3 is 0 Å². The van der Waals surface area contributed by atoms with Crippen molar-refractivity contribution in [2.24, 2.45) is 5.73 Å². The molecular formula is C17H27ClN2O2. The first-order chi connectivity index (χ1) is 10.1. The average Bonchev–Trinajstić information content (AvgIpc) is 2.47. The van der Waals surface area contributed by atoms with Gasteiger partial charge in [-0.3, -0.25) is 4.79 Å². The number of halogens is 1. The van der Waals surface area contributed by atoms with Crippen LogP contribution in [0.5, 0.6) is 5.75 Å². The van der Waals surface area contributed by atoms with E-state index in [1.807, 2.05) is 38.1 Å². The molecule has 1 aromatic carbocycles. The highest BCUT2D eigenvalue weighted by Crippen LogP contribution is 2.19. The Morgan fingerprint density at radius 2 is 2.05 bits per heavy atom. The van der Waals surface area contributed by atoms with Crippen LogP contribution in [0, 0.1) is 6.92 Å². The standard InChI is InChI=1S/C17H26N2O2.ClH/c1-3-16(21-15-6-4-5-12(2)11-15)17(20)19-14-9-7-13(18)8-10-14;/h4-6,11,13-14,16H,3,7-10,18H2,1-2H3,(H,19,20);1H. The van der Waals surface area contributed by atoms with E-state index in [9.17, 15) is 4.79 Å². The minimum atomic E-state index is -0.428. The number of carbonyl (C=O) groups is 1. The van der Waals surface area contributed by atoms with Gasteiger partial charge < -0.3 is 15.8 Å². The molecule has 1 saturated carbocycles. The number of hydrogen-bond donors (Lipinski definition) is 2. The Bertz CT molecular complexity index is 473. The highest BCUT2D eigenvalue weighted by Gasteiger charge is 2.24. The van der Waals surface area contributed by atoms with Gasteiger partial charge in [-0.2, -0.15) is 0 Å². The fraction of sp³-hybridized carbons (Fsp3) is 0.588. The summed E-state index contributed by atoms with van der Waals surface area (Å²) in [4.78, 5) is 12.3. The van der Waals surface area contributed by atoms with E-state index >= 15 is 0 Å². The maximum Gasteiger partial charge on any atom is 0.261 e. The van der Waals surface area contributed by atoms with Crippen LogP contribution in [0.15, 0.2) is 24.3 Å². The van der Waals surface area contributed by atoms with Crippen molar-refractivity contribution in [2.75, 3.05) is 0 Å². The van der Waals surface area contributed by atoms with Crippen molar-refractivity contribution in [1.82, 2.24) is 5.32 Å². The zero-order valence-corrected chi connectivity index (χ0v) is 14.2. The Morgan fingerprint density at radius 1 is 1.36 bits per heavy atom. The lowest BCUT2D eigenvalue weighted by Crippen LogP contribution is -2.46. The van der Waals surface area contributed by atoms with Crippen molar-refractivity contribution in [3.63, 3.8) is 0 Å². The molecule has 0 spiro atoms. The van der Waals surface area contributed by atoms with E-state index in [4.69, 9.17) is 10.5 Å². The molecule has 0 bridgehead atoms. The summed E-state index contributed by atoms with van der Waals surface area (Å²) in [5.41, 5.74) is 7.02. The second kappa shape index (κ2) is 9.01. The van der Waals surface area contributed by atoms with Crippen molar-refractivity contribution >= 4 is 18.3 Å². The molecule has 5 heteroatoms. The van der Waals surface area contributed by atoms with Gasteiger partial charge in [-0.25, -0.2) is 0 Å². The van der Waals surface area contributed by atoms with Gasteiger partial charge in [-0.05, 0) is 56.7 Å². The summed E-state index contributed by atoms with van der Waals surface area (Å²) < 4.78 is 5.83. The third-order valence-electron chi connectivity index (χ3n) is 4.05. The SMILES string of the molecule is CCC(Oc1cccc(C)c1)C(=O)NC1CCC(N)CC1.Cl. The molecule has 124 valence electrons. The lowest BCUT2D eigenvalue weighted by molar-refractivity contribution is -0.129. The molecular weight excluding hydrogens is 300 g/mol. The Kier molecular flexibility index (Phi) is 7.69. The second-order valence-electron chi connectivity index (χ2n) is 5.95. The van der Waals surface area contributed by atoms with Gasteiger partial charge in [-0.1, -0.05) is 19.1 Å². The molecule has 0 heterocycles. The maximum atomic E-state index is 12.3. The van der Waals surface area contributed by atoms with Crippen molar-refractivity contribution in [3.05, 3.63) is 29.8 Å². The van der Waals surface area contributed by atoms with E-state index in [2.05, 4.69) is 5.32 Å². The van der Waals surface area contributed by atoms with Gasteiger partial charge in [0, 0.05) is 12.1 Å². The highest BCUT2D eigenvalue weighted by atomic mass is 35.5. The monoisotopic (exact) mass is 326 g/mol. The first-order valence-electron chi connectivity index (χ1n) is 7.87. The number of nitrogens with one attached hydrogen (secondary N) is 1. The van der Waals surface area contributed by atoms with Gasteiger partial charge in [0.25, 0.3) is 5.91 Å². The summed E-state index contributed by atoms with van der Waals surface area (Å²) >= 11 is 0. The quantitative estimate of drug-likeness (QED) is 0.874. The van der Waals surface area contributed by atoms with Crippen molar-refractivity contribution in [1.29, 1.82) is 0 Å². The van der Waals surface area contributed by atoms with Crippen LogP contribution in [0.1, 0.15) is 44.6 Å². The summed E-state index contributed by atoms with van der Waals surface area (Å²) in [5, 5.41) is 3.11. The number of aryl methyl sites for hydroxylation is 1. The largest absolute Gasteiger partial charge is 0.481 e. The number of nitrogens with two attached hydrogens (primary N) is 1. The van der Waals surface area contributed by atoms with E-state index < -0.39 is 6.10 Å². The third-order valence-corrected chi connectivity index (χ3v) is 4.05. The molecule has 0 aromatic heterocycles. The summed E-state index contributed by atoms with van der Waals surface area (Å²) in [6, 6.07) is 8.34. The number of ether oxygens (including phenoxy) is 1. The van der Waals surface area contributed by atoms with Crippen LogP contribution < -0.4 is 15.8 Å². The topological polar surface area (TPSA) is 64.3 Å². The molecule has 1 unspecified atom stereocenters. The van der Waals surface area contributed by atoms with Crippen LogP contribution in [-0.4, -0.2) is 24.1 Å². The van der Waals surface area contributed by atoms with E-state index in [-0.39, 0.29) is 24.4 Å². The number of benzene rings is 1. The first kappa shape index (κ1) is 18.8. The molecule has 1 aliphatic rings. The van der Waals surface area contributed by atoms with Crippen LogP contribution >= 0.6 is 12.4 Å². The maximum absolute atomic E-state index is 12.3. The zero-order valence-electron chi connectivity index (χ0n) is 13.4. The van der Waals surface area contributed by atoms with E-state index in [0.29, 0.717) is 12.5 Å². The van der Waals surface area contributed by atoms with Crippen molar-refractivity contribution < 1.29 is 9.53 Å². The van der Waals surface area contributed by atoms with Crippen LogP contribution in [0.3, 0.4) is 0 Å². The Hall–Kier alpha value is -1.26. The number of rotatable bonds is 5. The predicted octanol–water partition coefficient (Wildman–Crippen LogP) is 2.96. The molecule has 0 aliphatic heterocycles. The Labute approximate surface area is 139 Å². The molecule has 1 amide bonds. The lowest BCUT2D eigenvalue weighted by Gasteiger charge is -2.28. The summed E-state index contributed by atoms with van der Waals surface area (Å²) in [5.74, 6) is 0.738. The van der Waals surface area contributed by atoms with E-state index in [1.165, 1.54) is 0 Å². The molecule has 2 rings (SSSR count). The summed E-state index contributed by atoms with van der Waals surface area (Å²) in [7, 11) is 0. The third kappa shape index (κ3) is 5.50. The Balaban J connectivity index is 0.00000242. The smallest absolute Gasteiger partial charge is 0.261 e. The second-order valence-corrected chi connectivity index (χ2v) is 5.95. The molecule has 1 fully saturated rings. The molecule has 0 saturated heterocycles. The molecule has 22 heavy (non-hydrogen) atoms. The predicted molar refractivity (Wildman–Crippen MR) is 91.5 cm³/mol. The highest BCUT2D eigenvalue weighted by molar-refractivity contribution is 5.85. The fourth-order valence-electron chi connectivity index (χ4n) is 2.73. The van der Waals surface area contributed by atoms with E-state index in [1.54, 1.807) is 0 Å². The van der Waals surface area contributed by atoms with Gasteiger partial charge in [0.05, 0.1) is 0 Å². The molecule has 0 radical (unpaired) electrons. The molecule has 1 aliphatic carbocycles. The van der Waals surface area contributed by atoms with Gasteiger partial charge in [0.2, 0.25) is 0 Å². The van der Waals surface area contributed by atoms with E-state index in [0.717, 1.165) is 37.0 Å². The van der Waals surface area contributed by atoms with Crippen LogP contribution in [-0.2, 0) is 4.79 Å². The average molecular weight is 327 g/mol. The summed E-state index contributed by atoms with van der Waals surface area (Å²) in [6.45, 7) is 3.98. The zero-order chi connectivity index (χ0) is 15.2. The Morgan fingerprint density at radius 3 is 2.64 bits per heavy atom. The molecule has 1 atom stereocenters. The molecule has 3 N–H and O–H groups in total. The van der Waals surface area contributed by atoms with Crippen LogP contribution in [0.4, 0.5) is 0 Å². The number of amides is 1. The fourth-order valence-corrected chi connectivity index (χ4v) is 2.73. The summed E-state index contributed by atoms with van der Waals surface area (Å²) in [6.07, 6.45) is 4.14. The van der Waals surface area contributed by atoms with Gasteiger partial charge in [0.15, 0.2) is 6.10 Å². The minimum Gasteiger partial charge on any atom is -0.481 e. The number of carbonyl (C=O) groups excluding carboxylic acids is 1.